The van der Waals surface area contributed by atoms with E-state index in [1.165, 1.54) is 37.7 Å². The Hall–Kier alpha value is -0.830. The summed E-state index contributed by atoms with van der Waals surface area (Å²) in [6.45, 7) is 2.22. The third-order valence-corrected chi connectivity index (χ3v) is 4.42. The van der Waals surface area contributed by atoms with E-state index in [0.29, 0.717) is 6.42 Å². The van der Waals surface area contributed by atoms with Crippen LogP contribution in [0.4, 0.5) is 0 Å². The molecule has 0 bridgehead atoms. The van der Waals surface area contributed by atoms with E-state index in [2.05, 4.69) is 40.3 Å². The van der Waals surface area contributed by atoms with Crippen LogP contribution in [-0.2, 0) is 11.2 Å². The van der Waals surface area contributed by atoms with Gasteiger partial charge in [-0.15, -0.1) is 0 Å². The molecule has 1 N–H and O–H groups in total. The fourth-order valence-electron chi connectivity index (χ4n) is 2.41. The average Bonchev–Trinajstić information content (AvgIpc) is 2.51. The van der Waals surface area contributed by atoms with Gasteiger partial charge in [0.05, 0.1) is 0 Å². The van der Waals surface area contributed by atoms with Crippen molar-refractivity contribution in [2.45, 2.75) is 64.3 Å². The van der Waals surface area contributed by atoms with Crippen LogP contribution in [0.5, 0.6) is 0 Å². The number of hydrogen-bond donors (Lipinski definition) is 1. The second-order valence-electron chi connectivity index (χ2n) is 5.63. The summed E-state index contributed by atoms with van der Waals surface area (Å²) in [6.07, 6.45) is 8.87. The fraction of sp³-hybridized carbons (Fsp3) is 0.611. The third kappa shape index (κ3) is 8.92. The van der Waals surface area contributed by atoms with Crippen molar-refractivity contribution < 1.29 is 4.79 Å². The van der Waals surface area contributed by atoms with E-state index in [1.54, 1.807) is 0 Å². The Morgan fingerprint density at radius 1 is 1.10 bits per heavy atom. The lowest BCUT2D eigenvalue weighted by Gasteiger charge is -2.16. The fourth-order valence-corrected chi connectivity index (χ4v) is 2.80. The first-order valence-electron chi connectivity index (χ1n) is 8.15. The van der Waals surface area contributed by atoms with Gasteiger partial charge < -0.3 is 5.32 Å². The minimum Gasteiger partial charge on any atom is -0.352 e. The van der Waals surface area contributed by atoms with Gasteiger partial charge in [-0.3, -0.25) is 4.79 Å². The molecule has 118 valence electrons. The Balaban J connectivity index is 2.19. The molecule has 1 aromatic rings. The number of rotatable bonds is 11. The Kier molecular flexibility index (Phi) is 10.2. The van der Waals surface area contributed by atoms with Crippen LogP contribution < -0.4 is 5.32 Å². The molecule has 0 heterocycles. The van der Waals surface area contributed by atoms with Crippen molar-refractivity contribution in [2.24, 2.45) is 0 Å². The van der Waals surface area contributed by atoms with Gasteiger partial charge in [0, 0.05) is 17.8 Å². The molecule has 0 saturated heterocycles. The summed E-state index contributed by atoms with van der Waals surface area (Å²) in [7, 11) is 0. The number of nitrogens with one attached hydrogen (secondary N) is 1. The number of unbranched alkanes of at least 4 members (excludes halogenated alkanes) is 5. The number of halogens is 1. The first-order valence-corrected chi connectivity index (χ1v) is 9.27. The molecule has 0 fully saturated rings. The van der Waals surface area contributed by atoms with Crippen molar-refractivity contribution in [1.82, 2.24) is 5.32 Å². The van der Waals surface area contributed by atoms with E-state index in [1.807, 2.05) is 18.2 Å². The van der Waals surface area contributed by atoms with Crippen molar-refractivity contribution in [1.29, 1.82) is 0 Å². The van der Waals surface area contributed by atoms with Gasteiger partial charge in [0.2, 0.25) is 5.91 Å². The highest BCUT2D eigenvalue weighted by molar-refractivity contribution is 9.09. The first-order chi connectivity index (χ1) is 10.3. The number of carbonyl (C=O) groups excluding carboxylic acids is 1. The molecule has 1 rings (SSSR count). The predicted octanol–water partition coefficient (Wildman–Crippen LogP) is 4.86. The minimum absolute atomic E-state index is 0.181. The van der Waals surface area contributed by atoms with Crippen LogP contribution in [0.3, 0.4) is 0 Å². The molecule has 2 nitrogen and oxygen atoms in total. The zero-order valence-electron chi connectivity index (χ0n) is 13.1. The molecule has 0 aliphatic carbocycles. The Bertz CT molecular complexity index is 380. The maximum absolute atomic E-state index is 12.0. The van der Waals surface area contributed by atoms with E-state index in [-0.39, 0.29) is 11.9 Å². The highest BCUT2D eigenvalue weighted by Crippen LogP contribution is 2.08. The van der Waals surface area contributed by atoms with E-state index in [9.17, 15) is 4.79 Å². The van der Waals surface area contributed by atoms with Gasteiger partial charge in [-0.25, -0.2) is 0 Å². The van der Waals surface area contributed by atoms with Gasteiger partial charge >= 0.3 is 0 Å². The van der Waals surface area contributed by atoms with Crippen molar-refractivity contribution in [3.63, 3.8) is 0 Å². The lowest BCUT2D eigenvalue weighted by molar-refractivity contribution is -0.121. The largest absolute Gasteiger partial charge is 0.352 e. The highest BCUT2D eigenvalue weighted by Gasteiger charge is 2.11. The molecule has 1 atom stereocenters. The van der Waals surface area contributed by atoms with Gasteiger partial charge in [-0.05, 0) is 18.4 Å². The molecule has 0 spiro atoms. The molecule has 1 unspecified atom stereocenters. The predicted molar refractivity (Wildman–Crippen MR) is 93.9 cm³/mol. The number of alkyl halides is 1. The number of amides is 1. The van der Waals surface area contributed by atoms with Crippen molar-refractivity contribution >= 4 is 21.8 Å². The maximum atomic E-state index is 12.0. The van der Waals surface area contributed by atoms with E-state index in [4.69, 9.17) is 0 Å². The van der Waals surface area contributed by atoms with Gasteiger partial charge in [0.1, 0.15) is 0 Å². The molecule has 0 saturated carbocycles. The van der Waals surface area contributed by atoms with Crippen molar-refractivity contribution in [2.75, 3.05) is 5.33 Å². The minimum atomic E-state index is 0.181. The maximum Gasteiger partial charge on any atom is 0.220 e. The van der Waals surface area contributed by atoms with Crippen LogP contribution in [-0.4, -0.2) is 17.3 Å². The second kappa shape index (κ2) is 11.8. The average molecular weight is 354 g/mol. The number of benzene rings is 1. The molecule has 1 aromatic carbocycles. The summed E-state index contributed by atoms with van der Waals surface area (Å²) in [5.74, 6) is 0.186. The molecule has 3 heteroatoms. The van der Waals surface area contributed by atoms with Crippen LogP contribution in [0.1, 0.15) is 57.4 Å². The summed E-state index contributed by atoms with van der Waals surface area (Å²) in [5.41, 5.74) is 1.27. The Morgan fingerprint density at radius 2 is 1.76 bits per heavy atom. The Labute approximate surface area is 137 Å². The van der Waals surface area contributed by atoms with E-state index in [0.717, 1.165) is 18.2 Å². The van der Waals surface area contributed by atoms with E-state index < -0.39 is 0 Å². The van der Waals surface area contributed by atoms with Crippen LogP contribution in [0.15, 0.2) is 30.3 Å². The topological polar surface area (TPSA) is 29.1 Å². The molecular formula is C18H28BrNO. The molecule has 0 aliphatic heterocycles. The molecule has 21 heavy (non-hydrogen) atoms. The van der Waals surface area contributed by atoms with Crippen LogP contribution in [0.2, 0.25) is 0 Å². The highest BCUT2D eigenvalue weighted by atomic mass is 79.9. The normalized spacial score (nSPS) is 12.1. The SMILES string of the molecule is CCCCCCCCC(=O)NC(CBr)Cc1ccccc1. The second-order valence-corrected chi connectivity index (χ2v) is 6.27. The summed E-state index contributed by atoms with van der Waals surface area (Å²) < 4.78 is 0. The van der Waals surface area contributed by atoms with Gasteiger partial charge in [0.15, 0.2) is 0 Å². The Morgan fingerprint density at radius 3 is 2.43 bits per heavy atom. The lowest BCUT2D eigenvalue weighted by atomic mass is 10.1. The van der Waals surface area contributed by atoms with Gasteiger partial charge in [-0.1, -0.05) is 85.3 Å². The first kappa shape index (κ1) is 18.2. The van der Waals surface area contributed by atoms with Crippen molar-refractivity contribution in [3.05, 3.63) is 35.9 Å². The summed E-state index contributed by atoms with van der Waals surface area (Å²) in [4.78, 5) is 12.0. The van der Waals surface area contributed by atoms with Gasteiger partial charge in [0.25, 0.3) is 0 Å². The van der Waals surface area contributed by atoms with Gasteiger partial charge in [-0.2, -0.15) is 0 Å². The smallest absolute Gasteiger partial charge is 0.220 e. The summed E-state index contributed by atoms with van der Waals surface area (Å²) in [5, 5.41) is 3.93. The monoisotopic (exact) mass is 353 g/mol. The van der Waals surface area contributed by atoms with E-state index >= 15 is 0 Å². The van der Waals surface area contributed by atoms with Crippen LogP contribution in [0.25, 0.3) is 0 Å². The standard InChI is InChI=1S/C18H28BrNO/c1-2-3-4-5-6-10-13-18(21)20-17(15-19)14-16-11-8-7-9-12-16/h7-9,11-12,17H,2-6,10,13-15H2,1H3,(H,20,21). The zero-order chi connectivity index (χ0) is 15.3. The van der Waals surface area contributed by atoms with Crippen LogP contribution in [0, 0.1) is 0 Å². The molecule has 0 aromatic heterocycles. The molecule has 0 radical (unpaired) electrons. The summed E-state index contributed by atoms with van der Waals surface area (Å²) in [6, 6.07) is 10.5. The lowest BCUT2D eigenvalue weighted by Crippen LogP contribution is -2.37. The van der Waals surface area contributed by atoms with Crippen molar-refractivity contribution in [3.8, 4) is 0 Å². The molecular weight excluding hydrogens is 326 g/mol. The quantitative estimate of drug-likeness (QED) is 0.446. The molecule has 0 aliphatic rings. The number of hydrogen-bond acceptors (Lipinski definition) is 1. The summed E-state index contributed by atoms with van der Waals surface area (Å²) >= 11 is 3.50. The molecule has 1 amide bonds. The zero-order valence-corrected chi connectivity index (χ0v) is 14.7. The third-order valence-electron chi connectivity index (χ3n) is 3.63. The number of carbonyl (C=O) groups is 1. The van der Waals surface area contributed by atoms with Crippen LogP contribution >= 0.6 is 15.9 Å².